The van der Waals surface area contributed by atoms with E-state index in [1.54, 1.807) is 16.0 Å². The van der Waals surface area contributed by atoms with Gasteiger partial charge in [-0.2, -0.15) is 4.98 Å². The van der Waals surface area contributed by atoms with Gasteiger partial charge in [0.2, 0.25) is 11.8 Å². The topological polar surface area (TPSA) is 151 Å². The minimum Gasteiger partial charge on any atom is -0.391 e. The molecule has 3 aliphatic heterocycles. The lowest BCUT2D eigenvalue weighted by atomic mass is 9.69. The van der Waals surface area contributed by atoms with Gasteiger partial charge < -0.3 is 15.3 Å². The van der Waals surface area contributed by atoms with Crippen molar-refractivity contribution in [3.8, 4) is 16.1 Å². The number of benzene rings is 3. The maximum absolute atomic E-state index is 14.6. The van der Waals surface area contributed by atoms with Crippen LogP contribution in [0.2, 0.25) is 0 Å². The molecule has 0 unspecified atom stereocenters. The second kappa shape index (κ2) is 17.5. The normalized spacial score (nSPS) is 20.7. The SMILES string of the molecule is Cc1ncsc1-c1ccc([C@H](C)NC(=O)[C@@H]2C[C@@H](O)CN2C(=O)[C@@H](n2cc(CN3CCC(c4ccc5c(c4)-n4c(nc(=O)c6c(Br)cccc64)C54CCCCC4)CC3)nn2)C(C)(C)C)cc1. The molecule has 0 radical (unpaired) electrons. The van der Waals surface area contributed by atoms with E-state index in [2.05, 4.69) is 70.3 Å². The van der Waals surface area contributed by atoms with Crippen LogP contribution in [0.3, 0.4) is 0 Å². The number of thiazole rings is 1. The number of aliphatic hydroxyl groups is 1. The van der Waals surface area contributed by atoms with E-state index in [1.807, 2.05) is 82.7 Å². The van der Waals surface area contributed by atoms with E-state index in [1.165, 1.54) is 22.4 Å². The summed E-state index contributed by atoms with van der Waals surface area (Å²) in [7, 11) is 0. The maximum Gasteiger partial charge on any atom is 0.281 e. The summed E-state index contributed by atoms with van der Waals surface area (Å²) in [4.78, 5) is 56.3. The van der Waals surface area contributed by atoms with Crippen molar-refractivity contribution in [2.24, 2.45) is 5.41 Å². The van der Waals surface area contributed by atoms with E-state index >= 15 is 0 Å². The molecule has 1 spiro atoms. The summed E-state index contributed by atoms with van der Waals surface area (Å²) in [6.07, 6.45) is 8.66. The van der Waals surface area contributed by atoms with Gasteiger partial charge in [0.25, 0.3) is 5.56 Å². The number of nitrogens with zero attached hydrogens (tertiary/aromatic N) is 8. The fourth-order valence-electron chi connectivity index (χ4n) is 11.4. The lowest BCUT2D eigenvalue weighted by molar-refractivity contribution is -0.144. The molecule has 2 N–H and O–H groups in total. The first-order valence-electron chi connectivity index (χ1n) is 23.5. The number of β-amino-alcohol motifs (C(OH)–C–C–N with tert-alkyl or cyclic N) is 1. The molecule has 15 heteroatoms. The highest BCUT2D eigenvalue weighted by atomic mass is 79.9. The number of amides is 2. The van der Waals surface area contributed by atoms with Gasteiger partial charge in [-0.05, 0) is 120 Å². The second-order valence-corrected chi connectivity index (χ2v) is 21.9. The quantitative estimate of drug-likeness (QED) is 0.145. The number of aryl methyl sites for hydroxylation is 1. The first-order chi connectivity index (χ1) is 31.7. The van der Waals surface area contributed by atoms with Crippen LogP contribution in [0, 0.1) is 12.3 Å². The first-order valence-corrected chi connectivity index (χ1v) is 25.2. The van der Waals surface area contributed by atoms with Crippen LogP contribution in [0.1, 0.15) is 131 Å². The molecule has 10 rings (SSSR count). The molecule has 6 heterocycles. The van der Waals surface area contributed by atoms with Crippen molar-refractivity contribution in [3.05, 3.63) is 121 Å². The van der Waals surface area contributed by atoms with E-state index < -0.39 is 23.6 Å². The number of piperidine rings is 1. The zero-order chi connectivity index (χ0) is 46.1. The molecule has 4 atom stereocenters. The van der Waals surface area contributed by atoms with Gasteiger partial charge in [-0.25, -0.2) is 9.67 Å². The molecule has 66 heavy (non-hydrogen) atoms. The van der Waals surface area contributed by atoms with Crippen molar-refractivity contribution in [3.63, 3.8) is 0 Å². The number of aromatic nitrogens is 6. The van der Waals surface area contributed by atoms with Crippen molar-refractivity contribution >= 4 is 50.0 Å². The number of rotatable bonds is 9. The van der Waals surface area contributed by atoms with Crippen LogP contribution in [-0.4, -0.2) is 88.0 Å². The lowest BCUT2D eigenvalue weighted by Crippen LogP contribution is -2.50. The number of likely N-dealkylation sites (tertiary alicyclic amines) is 2. The molecular weight excluding hydrogens is 915 g/mol. The number of carbonyl (C=O) groups excluding carboxylic acids is 2. The molecule has 13 nitrogen and oxygen atoms in total. The summed E-state index contributed by atoms with van der Waals surface area (Å²) in [5, 5.41) is 23.7. The van der Waals surface area contributed by atoms with Crippen LogP contribution in [0.5, 0.6) is 0 Å². The van der Waals surface area contributed by atoms with E-state index in [9.17, 15) is 19.5 Å². The minimum absolute atomic E-state index is 0.0693. The third-order valence-electron chi connectivity index (χ3n) is 14.7. The molecule has 3 fully saturated rings. The van der Waals surface area contributed by atoms with E-state index in [-0.39, 0.29) is 41.8 Å². The Balaban J connectivity index is 0.812. The summed E-state index contributed by atoms with van der Waals surface area (Å²) < 4.78 is 4.72. The Morgan fingerprint density at radius 3 is 2.50 bits per heavy atom. The zero-order valence-electron chi connectivity index (χ0n) is 38.3. The highest BCUT2D eigenvalue weighted by Gasteiger charge is 2.48. The predicted molar refractivity (Wildman–Crippen MR) is 260 cm³/mol. The summed E-state index contributed by atoms with van der Waals surface area (Å²) >= 11 is 5.25. The number of halogens is 1. The van der Waals surface area contributed by atoms with Crippen molar-refractivity contribution in [2.75, 3.05) is 19.6 Å². The number of fused-ring (bicyclic) bond motifs is 7. The Morgan fingerprint density at radius 2 is 1.79 bits per heavy atom. The summed E-state index contributed by atoms with van der Waals surface area (Å²) in [6.45, 7) is 12.4. The lowest BCUT2D eigenvalue weighted by Gasteiger charge is -2.35. The molecule has 344 valence electrons. The van der Waals surface area contributed by atoms with Gasteiger partial charge >= 0.3 is 0 Å². The summed E-state index contributed by atoms with van der Waals surface area (Å²) in [5.74, 6) is 0.725. The molecule has 1 saturated carbocycles. The van der Waals surface area contributed by atoms with Crippen molar-refractivity contribution in [1.29, 1.82) is 0 Å². The second-order valence-electron chi connectivity index (χ2n) is 20.2. The average Bonchev–Trinajstić information content (AvgIpc) is 4.09. The smallest absolute Gasteiger partial charge is 0.281 e. The third kappa shape index (κ3) is 8.02. The van der Waals surface area contributed by atoms with E-state index in [0.717, 1.165) is 101 Å². The Kier molecular flexibility index (Phi) is 11.9. The van der Waals surface area contributed by atoms with Crippen LogP contribution < -0.4 is 10.9 Å². The molecular formula is C51H58BrN9O4S. The van der Waals surface area contributed by atoms with Gasteiger partial charge in [0.15, 0.2) is 0 Å². The van der Waals surface area contributed by atoms with Gasteiger partial charge in [0.1, 0.15) is 17.9 Å². The standard InChI is InChI=1S/C51H58BrN9O4S/c1-30(32-12-14-34(15-13-32)44-31(2)53-29-66-44)54-46(63)42-25-37(62)28-59(42)48(65)45(50(3,4)5)60-27-36(56-57-60)26-58-22-18-33(19-23-58)35-16-17-38-41(24-35)61-40-11-9-10-39(52)43(40)47(64)55-49(61)51(38)20-7-6-8-21-51/h9-17,24,27,29-30,33,37,42,45,62H,6-8,18-23,25-26,28H2,1-5H3,(H,54,63)/t30-,37+,42-,45+/m0/s1. The van der Waals surface area contributed by atoms with Crippen LogP contribution in [0.15, 0.2) is 81.6 Å². The van der Waals surface area contributed by atoms with Gasteiger partial charge in [-0.3, -0.25) is 23.9 Å². The Hall–Kier alpha value is -5.09. The molecule has 2 amide bonds. The van der Waals surface area contributed by atoms with Gasteiger partial charge in [0, 0.05) is 24.0 Å². The van der Waals surface area contributed by atoms with Gasteiger partial charge in [-0.15, -0.1) is 16.4 Å². The fraction of sp³-hybridized carbons (Fsp3) is 0.471. The zero-order valence-corrected chi connectivity index (χ0v) is 40.7. The molecule has 2 saturated heterocycles. The number of nitrogens with one attached hydrogen (secondary N) is 1. The largest absolute Gasteiger partial charge is 0.391 e. The van der Waals surface area contributed by atoms with Crippen LogP contribution in [0.4, 0.5) is 0 Å². The maximum atomic E-state index is 14.6. The number of hydrogen-bond donors (Lipinski definition) is 2. The summed E-state index contributed by atoms with van der Waals surface area (Å²) in [6, 6.07) is 19.3. The third-order valence-corrected chi connectivity index (χ3v) is 16.4. The van der Waals surface area contributed by atoms with Gasteiger partial charge in [0.05, 0.1) is 62.1 Å². The Bertz CT molecular complexity index is 2870. The van der Waals surface area contributed by atoms with E-state index in [0.29, 0.717) is 17.8 Å². The molecule has 6 aromatic rings. The first kappa shape index (κ1) is 44.7. The van der Waals surface area contributed by atoms with Crippen molar-refractivity contribution in [2.45, 2.75) is 128 Å². The van der Waals surface area contributed by atoms with Crippen LogP contribution in [-0.2, 0) is 21.5 Å². The molecule has 0 bridgehead atoms. The van der Waals surface area contributed by atoms with E-state index in [4.69, 9.17) is 4.98 Å². The van der Waals surface area contributed by atoms with Crippen molar-refractivity contribution in [1.82, 2.24) is 44.6 Å². The number of hydrogen-bond acceptors (Lipinski definition) is 10. The molecule has 3 aromatic carbocycles. The van der Waals surface area contributed by atoms with Gasteiger partial charge in [-0.1, -0.05) is 87.7 Å². The monoisotopic (exact) mass is 971 g/mol. The predicted octanol–water partition coefficient (Wildman–Crippen LogP) is 8.54. The molecule has 4 aliphatic rings. The van der Waals surface area contributed by atoms with Crippen molar-refractivity contribution < 1.29 is 14.7 Å². The Morgan fingerprint density at radius 1 is 1.03 bits per heavy atom. The highest BCUT2D eigenvalue weighted by Crippen LogP contribution is 2.52. The molecule has 3 aromatic heterocycles. The Labute approximate surface area is 397 Å². The fourth-order valence-corrected chi connectivity index (χ4v) is 12.7. The number of aliphatic hydroxyl groups excluding tert-OH is 1. The summed E-state index contributed by atoms with van der Waals surface area (Å²) in [5.41, 5.74) is 9.35. The van der Waals surface area contributed by atoms with Crippen LogP contribution >= 0.6 is 27.3 Å². The minimum atomic E-state index is -0.820. The number of carbonyl (C=O) groups is 2. The van der Waals surface area contributed by atoms with Crippen LogP contribution in [0.25, 0.3) is 27.0 Å². The average molecular weight is 973 g/mol. The molecule has 1 aliphatic carbocycles. The highest BCUT2D eigenvalue weighted by molar-refractivity contribution is 9.10.